The van der Waals surface area contributed by atoms with Crippen LogP contribution >= 0.6 is 11.6 Å². The number of hydrogen-bond donors (Lipinski definition) is 1. The van der Waals surface area contributed by atoms with Crippen LogP contribution in [0.4, 0.5) is 0 Å². The van der Waals surface area contributed by atoms with Crippen molar-refractivity contribution >= 4 is 17.5 Å². The highest BCUT2D eigenvalue weighted by Crippen LogP contribution is 2.27. The Morgan fingerprint density at radius 2 is 2.04 bits per heavy atom. The van der Waals surface area contributed by atoms with Gasteiger partial charge in [-0.2, -0.15) is 0 Å². The fourth-order valence-corrected chi connectivity index (χ4v) is 4.11. The molecule has 0 spiro atoms. The summed E-state index contributed by atoms with van der Waals surface area (Å²) in [6.45, 7) is 3.87. The standard InChI is InChI=1S/C19H27ClN2O3/c1-25-18-11-15(20)4-5-17(18)19(24)22-8-2-3-16(12-22)21-9-6-14(13-23)7-10-21/h4-5,11,14,16,23H,2-3,6-10,12-13H2,1H3/t16-/m1/s1. The van der Waals surface area contributed by atoms with Crippen LogP contribution in [0.1, 0.15) is 36.0 Å². The number of nitrogens with zero attached hydrogens (tertiary/aromatic N) is 2. The van der Waals surface area contributed by atoms with E-state index in [0.717, 1.165) is 51.9 Å². The largest absolute Gasteiger partial charge is 0.496 e. The molecule has 0 saturated carbocycles. The molecule has 6 heteroatoms. The molecule has 1 atom stereocenters. The summed E-state index contributed by atoms with van der Waals surface area (Å²) in [6, 6.07) is 5.59. The molecule has 2 heterocycles. The third-order valence-electron chi connectivity index (χ3n) is 5.50. The lowest BCUT2D eigenvalue weighted by Crippen LogP contribution is -2.52. The molecule has 0 bridgehead atoms. The van der Waals surface area contributed by atoms with Crippen molar-refractivity contribution in [1.82, 2.24) is 9.80 Å². The van der Waals surface area contributed by atoms with E-state index in [1.54, 1.807) is 25.3 Å². The van der Waals surface area contributed by atoms with Gasteiger partial charge >= 0.3 is 0 Å². The molecule has 2 fully saturated rings. The summed E-state index contributed by atoms with van der Waals surface area (Å²) in [7, 11) is 1.56. The zero-order chi connectivity index (χ0) is 17.8. The topological polar surface area (TPSA) is 53.0 Å². The fourth-order valence-electron chi connectivity index (χ4n) is 3.95. The quantitative estimate of drug-likeness (QED) is 0.890. The summed E-state index contributed by atoms with van der Waals surface area (Å²) < 4.78 is 5.34. The van der Waals surface area contributed by atoms with E-state index in [9.17, 15) is 9.90 Å². The summed E-state index contributed by atoms with van der Waals surface area (Å²) >= 11 is 6.01. The smallest absolute Gasteiger partial charge is 0.257 e. The Labute approximate surface area is 154 Å². The number of piperidine rings is 2. The number of likely N-dealkylation sites (tertiary alicyclic amines) is 2. The summed E-state index contributed by atoms with van der Waals surface area (Å²) in [5, 5.41) is 9.87. The maximum atomic E-state index is 13.0. The van der Waals surface area contributed by atoms with Gasteiger partial charge in [0, 0.05) is 30.8 Å². The second-order valence-electron chi connectivity index (χ2n) is 7.05. The van der Waals surface area contributed by atoms with Gasteiger partial charge in [-0.05, 0) is 62.9 Å². The molecule has 138 valence electrons. The third-order valence-corrected chi connectivity index (χ3v) is 5.74. The number of aliphatic hydroxyl groups excluding tert-OH is 1. The van der Waals surface area contributed by atoms with Crippen molar-refractivity contribution in [3.8, 4) is 5.75 Å². The Morgan fingerprint density at radius 1 is 1.28 bits per heavy atom. The molecule has 25 heavy (non-hydrogen) atoms. The Bertz CT molecular complexity index is 602. The van der Waals surface area contributed by atoms with Crippen LogP contribution in [0.15, 0.2) is 18.2 Å². The van der Waals surface area contributed by atoms with Crippen LogP contribution in [0.25, 0.3) is 0 Å². The minimum atomic E-state index is 0.0171. The number of carbonyl (C=O) groups excluding carboxylic acids is 1. The molecule has 0 unspecified atom stereocenters. The summed E-state index contributed by atoms with van der Waals surface area (Å²) in [6.07, 6.45) is 4.25. The van der Waals surface area contributed by atoms with E-state index in [0.29, 0.717) is 34.9 Å². The van der Waals surface area contributed by atoms with E-state index < -0.39 is 0 Å². The first-order chi connectivity index (χ1) is 12.1. The van der Waals surface area contributed by atoms with Crippen molar-refractivity contribution < 1.29 is 14.6 Å². The lowest BCUT2D eigenvalue weighted by Gasteiger charge is -2.42. The molecule has 1 N–H and O–H groups in total. The first-order valence-electron chi connectivity index (χ1n) is 9.10. The molecule has 0 radical (unpaired) electrons. The molecule has 0 aliphatic carbocycles. The van der Waals surface area contributed by atoms with Gasteiger partial charge in [-0.3, -0.25) is 9.69 Å². The van der Waals surface area contributed by atoms with E-state index in [4.69, 9.17) is 16.3 Å². The summed E-state index contributed by atoms with van der Waals surface area (Å²) in [4.78, 5) is 17.4. The zero-order valence-corrected chi connectivity index (χ0v) is 15.5. The van der Waals surface area contributed by atoms with Crippen LogP contribution in [-0.2, 0) is 0 Å². The Morgan fingerprint density at radius 3 is 2.72 bits per heavy atom. The molecule has 2 aliphatic rings. The second-order valence-corrected chi connectivity index (χ2v) is 7.49. The lowest BCUT2D eigenvalue weighted by molar-refractivity contribution is 0.0444. The molecular weight excluding hydrogens is 340 g/mol. The van der Waals surface area contributed by atoms with Gasteiger partial charge in [-0.15, -0.1) is 0 Å². The van der Waals surface area contributed by atoms with Crippen LogP contribution in [0.5, 0.6) is 5.75 Å². The SMILES string of the molecule is COc1cc(Cl)ccc1C(=O)N1CCC[C@@H](N2CCC(CO)CC2)C1. The van der Waals surface area contributed by atoms with E-state index >= 15 is 0 Å². The number of hydrogen-bond acceptors (Lipinski definition) is 4. The normalized spacial score (nSPS) is 22.8. The average molecular weight is 367 g/mol. The first-order valence-corrected chi connectivity index (χ1v) is 9.48. The van der Waals surface area contributed by atoms with Crippen LogP contribution in [0, 0.1) is 5.92 Å². The maximum Gasteiger partial charge on any atom is 0.257 e. The number of amides is 1. The predicted molar refractivity (Wildman–Crippen MR) is 98.3 cm³/mol. The maximum absolute atomic E-state index is 13.0. The second kappa shape index (κ2) is 8.39. The monoisotopic (exact) mass is 366 g/mol. The highest BCUT2D eigenvalue weighted by Gasteiger charge is 2.31. The predicted octanol–water partition coefficient (Wildman–Crippen LogP) is 2.66. The highest BCUT2D eigenvalue weighted by atomic mass is 35.5. The van der Waals surface area contributed by atoms with Gasteiger partial charge in [0.15, 0.2) is 0 Å². The van der Waals surface area contributed by atoms with Crippen LogP contribution in [0.3, 0.4) is 0 Å². The summed E-state index contributed by atoms with van der Waals surface area (Å²) in [5.41, 5.74) is 0.575. The number of benzene rings is 1. The molecular formula is C19H27ClN2O3. The van der Waals surface area contributed by atoms with Crippen molar-refractivity contribution in [3.05, 3.63) is 28.8 Å². The van der Waals surface area contributed by atoms with Crippen LogP contribution in [0.2, 0.25) is 5.02 Å². The Kier molecular flexibility index (Phi) is 6.20. The fraction of sp³-hybridized carbons (Fsp3) is 0.632. The molecule has 0 aromatic heterocycles. The number of rotatable bonds is 4. The van der Waals surface area contributed by atoms with Crippen molar-refractivity contribution in [2.45, 2.75) is 31.7 Å². The molecule has 1 aromatic rings. The van der Waals surface area contributed by atoms with Gasteiger partial charge in [-0.1, -0.05) is 11.6 Å². The van der Waals surface area contributed by atoms with Crippen molar-refractivity contribution in [1.29, 1.82) is 0 Å². The van der Waals surface area contributed by atoms with Gasteiger partial charge in [-0.25, -0.2) is 0 Å². The minimum absolute atomic E-state index is 0.0171. The number of halogens is 1. The van der Waals surface area contributed by atoms with Crippen molar-refractivity contribution in [2.75, 3.05) is 39.9 Å². The van der Waals surface area contributed by atoms with Gasteiger partial charge in [0.25, 0.3) is 5.91 Å². The van der Waals surface area contributed by atoms with E-state index in [1.165, 1.54) is 0 Å². The number of aliphatic hydroxyl groups is 1. The van der Waals surface area contributed by atoms with E-state index in [-0.39, 0.29) is 5.91 Å². The van der Waals surface area contributed by atoms with Gasteiger partial charge < -0.3 is 14.7 Å². The molecule has 2 saturated heterocycles. The van der Waals surface area contributed by atoms with Crippen molar-refractivity contribution in [3.63, 3.8) is 0 Å². The van der Waals surface area contributed by atoms with E-state index in [1.807, 2.05) is 4.90 Å². The van der Waals surface area contributed by atoms with Crippen LogP contribution < -0.4 is 4.74 Å². The van der Waals surface area contributed by atoms with Gasteiger partial charge in [0.05, 0.1) is 12.7 Å². The molecule has 1 aromatic carbocycles. The average Bonchev–Trinajstić information content (AvgIpc) is 2.67. The number of ether oxygens (including phenoxy) is 1. The third kappa shape index (κ3) is 4.27. The van der Waals surface area contributed by atoms with Crippen molar-refractivity contribution in [2.24, 2.45) is 5.92 Å². The lowest BCUT2D eigenvalue weighted by atomic mass is 9.94. The summed E-state index contributed by atoms with van der Waals surface area (Å²) in [5.74, 6) is 0.989. The Hall–Kier alpha value is -1.30. The zero-order valence-electron chi connectivity index (χ0n) is 14.8. The molecule has 2 aliphatic heterocycles. The van der Waals surface area contributed by atoms with Gasteiger partial charge in [0.1, 0.15) is 5.75 Å². The van der Waals surface area contributed by atoms with Gasteiger partial charge in [0.2, 0.25) is 0 Å². The molecule has 3 rings (SSSR count). The number of methoxy groups -OCH3 is 1. The Balaban J connectivity index is 1.66. The minimum Gasteiger partial charge on any atom is -0.496 e. The molecule has 1 amide bonds. The molecule has 5 nitrogen and oxygen atoms in total. The number of carbonyl (C=O) groups is 1. The van der Waals surface area contributed by atoms with E-state index in [2.05, 4.69) is 4.90 Å². The highest BCUT2D eigenvalue weighted by molar-refractivity contribution is 6.30. The first kappa shape index (κ1) is 18.5. The van der Waals surface area contributed by atoms with Crippen LogP contribution in [-0.4, -0.2) is 66.8 Å².